The van der Waals surface area contributed by atoms with Crippen LogP contribution in [0.15, 0.2) is 18.2 Å². The molecular weight excluding hydrogens is 239 g/mol. The van der Waals surface area contributed by atoms with Crippen LogP contribution in [0, 0.1) is 0 Å². The van der Waals surface area contributed by atoms with Crippen molar-refractivity contribution in [3.8, 4) is 5.75 Å². The zero-order chi connectivity index (χ0) is 14.4. The standard InChI is InChI=1S/C15H23BO3/c1-10(2)12-8-7-11(9-13(12)17)16-18-14(3,4)15(5,6)19-16/h7-10,17H,1-6H3. The first-order valence-electron chi connectivity index (χ1n) is 6.82. The van der Waals surface area contributed by atoms with Gasteiger partial charge in [-0.1, -0.05) is 26.0 Å². The number of hydrogen-bond donors (Lipinski definition) is 1. The maximum atomic E-state index is 10.1. The average molecular weight is 262 g/mol. The molecule has 19 heavy (non-hydrogen) atoms. The first kappa shape index (κ1) is 14.4. The molecule has 0 amide bonds. The van der Waals surface area contributed by atoms with Crippen LogP contribution in [0.2, 0.25) is 0 Å². The molecular formula is C15H23BO3. The van der Waals surface area contributed by atoms with Gasteiger partial charge in [0.15, 0.2) is 0 Å². The lowest BCUT2D eigenvalue weighted by molar-refractivity contribution is 0.00578. The summed E-state index contributed by atoms with van der Waals surface area (Å²) < 4.78 is 11.9. The van der Waals surface area contributed by atoms with Crippen LogP contribution in [0.3, 0.4) is 0 Å². The van der Waals surface area contributed by atoms with Crippen LogP contribution in [-0.4, -0.2) is 23.4 Å². The van der Waals surface area contributed by atoms with Crippen LogP contribution < -0.4 is 5.46 Å². The lowest BCUT2D eigenvalue weighted by atomic mass is 9.78. The smallest absolute Gasteiger partial charge is 0.494 e. The second kappa shape index (κ2) is 4.53. The molecule has 1 aromatic carbocycles. The topological polar surface area (TPSA) is 38.7 Å². The van der Waals surface area contributed by atoms with E-state index >= 15 is 0 Å². The second-order valence-corrected chi connectivity index (χ2v) is 6.56. The number of hydrogen-bond acceptors (Lipinski definition) is 3. The van der Waals surface area contributed by atoms with E-state index in [0.717, 1.165) is 11.0 Å². The Bertz CT molecular complexity index is 464. The molecule has 1 heterocycles. The van der Waals surface area contributed by atoms with Crippen molar-refractivity contribution in [1.29, 1.82) is 0 Å². The van der Waals surface area contributed by atoms with Gasteiger partial charge in [0.05, 0.1) is 11.2 Å². The maximum Gasteiger partial charge on any atom is 0.494 e. The Hall–Kier alpha value is -0.995. The first-order valence-corrected chi connectivity index (χ1v) is 6.82. The summed E-state index contributed by atoms with van der Waals surface area (Å²) in [5.74, 6) is 0.606. The Kier molecular flexibility index (Phi) is 3.44. The fraction of sp³-hybridized carbons (Fsp3) is 0.600. The van der Waals surface area contributed by atoms with Gasteiger partial charge in [-0.2, -0.15) is 0 Å². The van der Waals surface area contributed by atoms with E-state index in [1.54, 1.807) is 6.07 Å². The summed E-state index contributed by atoms with van der Waals surface area (Å²) in [6, 6.07) is 5.66. The van der Waals surface area contributed by atoms with Gasteiger partial charge >= 0.3 is 7.12 Å². The number of benzene rings is 1. The highest BCUT2D eigenvalue weighted by Crippen LogP contribution is 2.37. The molecule has 1 fully saturated rings. The Morgan fingerprint density at radius 1 is 1.05 bits per heavy atom. The van der Waals surface area contributed by atoms with Gasteiger partial charge in [0.2, 0.25) is 0 Å². The summed E-state index contributed by atoms with van der Waals surface area (Å²) >= 11 is 0. The molecule has 1 N–H and O–H groups in total. The van der Waals surface area contributed by atoms with E-state index in [1.807, 2.05) is 39.8 Å². The van der Waals surface area contributed by atoms with E-state index < -0.39 is 7.12 Å². The molecule has 0 atom stereocenters. The monoisotopic (exact) mass is 262 g/mol. The van der Waals surface area contributed by atoms with E-state index in [9.17, 15) is 5.11 Å². The molecule has 1 saturated heterocycles. The summed E-state index contributed by atoms with van der Waals surface area (Å²) in [4.78, 5) is 0. The minimum Gasteiger partial charge on any atom is -0.508 e. The van der Waals surface area contributed by atoms with Crippen molar-refractivity contribution in [2.75, 3.05) is 0 Å². The third-order valence-corrected chi connectivity index (χ3v) is 4.20. The van der Waals surface area contributed by atoms with E-state index in [2.05, 4.69) is 13.8 Å². The van der Waals surface area contributed by atoms with Crippen molar-refractivity contribution in [3.05, 3.63) is 23.8 Å². The van der Waals surface area contributed by atoms with Gasteiger partial charge < -0.3 is 14.4 Å². The molecule has 1 aliphatic heterocycles. The van der Waals surface area contributed by atoms with Gasteiger partial charge in [0, 0.05) is 0 Å². The van der Waals surface area contributed by atoms with Crippen LogP contribution in [-0.2, 0) is 9.31 Å². The van der Waals surface area contributed by atoms with Gasteiger partial charge in [0.1, 0.15) is 5.75 Å². The van der Waals surface area contributed by atoms with E-state index in [-0.39, 0.29) is 11.2 Å². The average Bonchev–Trinajstić information content (AvgIpc) is 2.47. The number of aromatic hydroxyl groups is 1. The fourth-order valence-corrected chi connectivity index (χ4v) is 2.17. The SMILES string of the molecule is CC(C)c1ccc(B2OC(C)(C)C(C)(C)O2)cc1O. The van der Waals surface area contributed by atoms with Crippen molar-refractivity contribution < 1.29 is 14.4 Å². The van der Waals surface area contributed by atoms with Gasteiger partial charge in [-0.25, -0.2) is 0 Å². The van der Waals surface area contributed by atoms with Crippen LogP contribution in [0.4, 0.5) is 0 Å². The van der Waals surface area contributed by atoms with Crippen LogP contribution in [0.25, 0.3) is 0 Å². The molecule has 0 aliphatic carbocycles. The number of phenols is 1. The molecule has 1 aliphatic rings. The number of rotatable bonds is 2. The molecule has 0 saturated carbocycles. The summed E-state index contributed by atoms with van der Waals surface area (Å²) in [7, 11) is -0.419. The molecule has 0 bridgehead atoms. The summed E-state index contributed by atoms with van der Waals surface area (Å²) in [6.07, 6.45) is 0. The molecule has 104 valence electrons. The Balaban J connectivity index is 2.28. The van der Waals surface area contributed by atoms with Gasteiger partial charge in [-0.05, 0) is 50.7 Å². The van der Waals surface area contributed by atoms with E-state index in [1.165, 1.54) is 0 Å². The van der Waals surface area contributed by atoms with Gasteiger partial charge in [-0.15, -0.1) is 0 Å². The highest BCUT2D eigenvalue weighted by Gasteiger charge is 2.51. The lowest BCUT2D eigenvalue weighted by Crippen LogP contribution is -2.41. The predicted octanol–water partition coefficient (Wildman–Crippen LogP) is 2.81. The fourth-order valence-electron chi connectivity index (χ4n) is 2.17. The van der Waals surface area contributed by atoms with Crippen LogP contribution in [0.1, 0.15) is 53.0 Å². The van der Waals surface area contributed by atoms with E-state index in [4.69, 9.17) is 9.31 Å². The summed E-state index contributed by atoms with van der Waals surface area (Å²) in [6.45, 7) is 12.2. The molecule has 4 heteroatoms. The quantitative estimate of drug-likeness (QED) is 0.833. The third kappa shape index (κ3) is 2.52. The zero-order valence-electron chi connectivity index (χ0n) is 12.7. The molecule has 0 aromatic heterocycles. The van der Waals surface area contributed by atoms with Gasteiger partial charge in [-0.3, -0.25) is 0 Å². The Labute approximate surface area is 116 Å². The van der Waals surface area contributed by atoms with Crippen molar-refractivity contribution in [2.24, 2.45) is 0 Å². The van der Waals surface area contributed by atoms with Crippen LogP contribution >= 0.6 is 0 Å². The molecule has 0 radical (unpaired) electrons. The third-order valence-electron chi connectivity index (χ3n) is 4.20. The van der Waals surface area contributed by atoms with Crippen LogP contribution in [0.5, 0.6) is 5.75 Å². The molecule has 3 nitrogen and oxygen atoms in total. The highest BCUT2D eigenvalue weighted by molar-refractivity contribution is 6.62. The zero-order valence-corrected chi connectivity index (χ0v) is 12.7. The molecule has 0 unspecified atom stereocenters. The van der Waals surface area contributed by atoms with Crippen molar-refractivity contribution in [1.82, 2.24) is 0 Å². The normalized spacial score (nSPS) is 21.1. The van der Waals surface area contributed by atoms with Gasteiger partial charge in [0.25, 0.3) is 0 Å². The minimum absolute atomic E-state index is 0.298. The van der Waals surface area contributed by atoms with E-state index in [0.29, 0.717) is 11.7 Å². The first-order chi connectivity index (χ1) is 8.64. The molecule has 0 spiro atoms. The highest BCUT2D eigenvalue weighted by atomic mass is 16.7. The maximum absolute atomic E-state index is 10.1. The van der Waals surface area contributed by atoms with Crippen molar-refractivity contribution in [2.45, 2.75) is 58.7 Å². The Morgan fingerprint density at radius 3 is 2.00 bits per heavy atom. The second-order valence-electron chi connectivity index (χ2n) is 6.56. The molecule has 1 aromatic rings. The van der Waals surface area contributed by atoms with Crippen molar-refractivity contribution in [3.63, 3.8) is 0 Å². The Morgan fingerprint density at radius 2 is 1.58 bits per heavy atom. The lowest BCUT2D eigenvalue weighted by Gasteiger charge is -2.32. The number of phenolic OH excluding ortho intramolecular Hbond substituents is 1. The minimum atomic E-state index is -0.419. The largest absolute Gasteiger partial charge is 0.508 e. The summed E-state index contributed by atoms with van der Waals surface area (Å²) in [5.41, 5.74) is 1.09. The van der Waals surface area contributed by atoms with Crippen molar-refractivity contribution >= 4 is 12.6 Å². The predicted molar refractivity (Wildman–Crippen MR) is 77.9 cm³/mol. The molecule has 2 rings (SSSR count). The summed E-state index contributed by atoms with van der Waals surface area (Å²) in [5, 5.41) is 10.1.